The van der Waals surface area contributed by atoms with Gasteiger partial charge < -0.3 is 0 Å². The molecule has 0 N–H and O–H groups in total. The molecule has 0 aliphatic rings. The summed E-state index contributed by atoms with van der Waals surface area (Å²) in [4.78, 5) is 12.4. The van der Waals surface area contributed by atoms with E-state index in [1.54, 1.807) is 26.8 Å². The van der Waals surface area contributed by atoms with Crippen LogP contribution in [0.2, 0.25) is 0 Å². The maximum Gasteiger partial charge on any atom is 0.196 e. The monoisotopic (exact) mass is 260 g/mol. The molecule has 2 aromatic rings. The van der Waals surface area contributed by atoms with Crippen molar-refractivity contribution in [3.05, 3.63) is 69.8 Å². The van der Waals surface area contributed by atoms with Gasteiger partial charge in [0.15, 0.2) is 5.78 Å². The third-order valence-electron chi connectivity index (χ3n) is 3.09. The molecule has 0 amide bonds. The molecule has 0 aromatic heterocycles. The summed E-state index contributed by atoms with van der Waals surface area (Å²) in [5.74, 6) is -1.35. The van der Waals surface area contributed by atoms with Crippen molar-refractivity contribution in [2.45, 2.75) is 20.8 Å². The standard InChI is InChI=1S/C16H14F2O/c1-9-4-5-13(14(18)6-9)16(19)15-10(2)7-12(17)8-11(15)3/h4-8H,1-3H3. The van der Waals surface area contributed by atoms with E-state index in [-0.39, 0.29) is 5.56 Å². The number of carbonyl (C=O) groups is 1. The molecule has 19 heavy (non-hydrogen) atoms. The van der Waals surface area contributed by atoms with Crippen LogP contribution in [0.3, 0.4) is 0 Å². The van der Waals surface area contributed by atoms with Crippen LogP contribution in [0.5, 0.6) is 0 Å². The van der Waals surface area contributed by atoms with Gasteiger partial charge in [-0.2, -0.15) is 0 Å². The van der Waals surface area contributed by atoms with Crippen molar-refractivity contribution >= 4 is 5.78 Å². The van der Waals surface area contributed by atoms with E-state index in [4.69, 9.17) is 0 Å². The van der Waals surface area contributed by atoms with Crippen molar-refractivity contribution in [3.63, 3.8) is 0 Å². The minimum Gasteiger partial charge on any atom is -0.288 e. The highest BCUT2D eigenvalue weighted by atomic mass is 19.1. The maximum atomic E-state index is 13.8. The Bertz CT molecular complexity index is 637. The van der Waals surface area contributed by atoms with Crippen molar-refractivity contribution in [2.24, 2.45) is 0 Å². The van der Waals surface area contributed by atoms with E-state index in [1.807, 2.05) is 0 Å². The van der Waals surface area contributed by atoms with Crippen molar-refractivity contribution < 1.29 is 13.6 Å². The van der Waals surface area contributed by atoms with Crippen LogP contribution in [-0.2, 0) is 0 Å². The molecule has 0 saturated heterocycles. The van der Waals surface area contributed by atoms with Gasteiger partial charge in [-0.15, -0.1) is 0 Å². The van der Waals surface area contributed by atoms with E-state index < -0.39 is 17.4 Å². The van der Waals surface area contributed by atoms with Crippen LogP contribution in [0.25, 0.3) is 0 Å². The number of benzene rings is 2. The molecule has 0 radical (unpaired) electrons. The van der Waals surface area contributed by atoms with Crippen LogP contribution in [0.1, 0.15) is 32.6 Å². The number of halogens is 2. The van der Waals surface area contributed by atoms with Crippen LogP contribution in [0, 0.1) is 32.4 Å². The van der Waals surface area contributed by atoms with Crippen molar-refractivity contribution in [1.29, 1.82) is 0 Å². The van der Waals surface area contributed by atoms with Crippen LogP contribution in [0.15, 0.2) is 30.3 Å². The number of ketones is 1. The molecule has 0 spiro atoms. The van der Waals surface area contributed by atoms with E-state index in [1.165, 1.54) is 24.3 Å². The Hall–Kier alpha value is -2.03. The first-order chi connectivity index (χ1) is 8.90. The minimum atomic E-state index is -0.548. The molecule has 0 bridgehead atoms. The fourth-order valence-electron chi connectivity index (χ4n) is 2.21. The zero-order valence-corrected chi connectivity index (χ0v) is 11.1. The average molecular weight is 260 g/mol. The summed E-state index contributed by atoms with van der Waals surface area (Å²) >= 11 is 0. The normalized spacial score (nSPS) is 10.6. The molecule has 2 aromatic carbocycles. The molecule has 2 rings (SSSR count). The van der Waals surface area contributed by atoms with Crippen LogP contribution >= 0.6 is 0 Å². The average Bonchev–Trinajstić information content (AvgIpc) is 2.26. The third kappa shape index (κ3) is 2.55. The van der Waals surface area contributed by atoms with Crippen molar-refractivity contribution in [3.8, 4) is 0 Å². The Morgan fingerprint density at radius 3 is 2.05 bits per heavy atom. The van der Waals surface area contributed by atoms with E-state index >= 15 is 0 Å². The van der Waals surface area contributed by atoms with Crippen LogP contribution < -0.4 is 0 Å². The smallest absolute Gasteiger partial charge is 0.196 e. The number of rotatable bonds is 2. The van der Waals surface area contributed by atoms with E-state index in [9.17, 15) is 13.6 Å². The second-order valence-electron chi connectivity index (χ2n) is 4.73. The fourth-order valence-corrected chi connectivity index (χ4v) is 2.21. The fraction of sp³-hybridized carbons (Fsp3) is 0.188. The zero-order chi connectivity index (χ0) is 14.2. The Morgan fingerprint density at radius 2 is 1.53 bits per heavy atom. The van der Waals surface area contributed by atoms with E-state index in [0.717, 1.165) is 5.56 Å². The quantitative estimate of drug-likeness (QED) is 0.742. The highest BCUT2D eigenvalue weighted by molar-refractivity contribution is 6.11. The van der Waals surface area contributed by atoms with Gasteiger partial charge in [0.25, 0.3) is 0 Å². The summed E-state index contributed by atoms with van der Waals surface area (Å²) in [6, 6.07) is 7.04. The van der Waals surface area contributed by atoms with Crippen molar-refractivity contribution in [1.82, 2.24) is 0 Å². The predicted molar refractivity (Wildman–Crippen MR) is 70.4 cm³/mol. The molecule has 98 valence electrons. The molecule has 3 heteroatoms. The Morgan fingerprint density at radius 1 is 0.947 bits per heavy atom. The Kier molecular flexibility index (Phi) is 3.47. The van der Waals surface area contributed by atoms with Crippen LogP contribution in [-0.4, -0.2) is 5.78 Å². The van der Waals surface area contributed by atoms with Gasteiger partial charge in [-0.3, -0.25) is 4.79 Å². The van der Waals surface area contributed by atoms with E-state index in [0.29, 0.717) is 16.7 Å². The molecule has 0 heterocycles. The molecule has 0 aliphatic heterocycles. The van der Waals surface area contributed by atoms with Gasteiger partial charge in [0.05, 0.1) is 5.56 Å². The summed E-state index contributed by atoms with van der Waals surface area (Å²) < 4.78 is 27.1. The molecule has 0 fully saturated rings. The van der Waals surface area contributed by atoms with Gasteiger partial charge in [-0.25, -0.2) is 8.78 Å². The lowest BCUT2D eigenvalue weighted by atomic mass is 9.94. The molecule has 1 nitrogen and oxygen atoms in total. The molecule has 0 aliphatic carbocycles. The first-order valence-corrected chi connectivity index (χ1v) is 5.97. The Balaban J connectivity index is 2.56. The van der Waals surface area contributed by atoms with E-state index in [2.05, 4.69) is 0 Å². The predicted octanol–water partition coefficient (Wildman–Crippen LogP) is 4.12. The van der Waals surface area contributed by atoms with Gasteiger partial charge in [-0.05, 0) is 61.7 Å². The second kappa shape index (κ2) is 4.92. The van der Waals surface area contributed by atoms with Gasteiger partial charge in [0, 0.05) is 5.56 Å². The van der Waals surface area contributed by atoms with Crippen molar-refractivity contribution in [2.75, 3.05) is 0 Å². The highest BCUT2D eigenvalue weighted by Gasteiger charge is 2.18. The molecule has 0 unspecified atom stereocenters. The molecular formula is C16H14F2O. The number of carbonyl (C=O) groups excluding carboxylic acids is 1. The molecule has 0 saturated carbocycles. The van der Waals surface area contributed by atoms with Crippen LogP contribution in [0.4, 0.5) is 8.78 Å². The summed E-state index contributed by atoms with van der Waals surface area (Å²) in [7, 11) is 0. The first-order valence-electron chi connectivity index (χ1n) is 5.97. The minimum absolute atomic E-state index is 0.0170. The summed E-state index contributed by atoms with van der Waals surface area (Å²) in [6.45, 7) is 5.05. The van der Waals surface area contributed by atoms with Gasteiger partial charge >= 0.3 is 0 Å². The second-order valence-corrected chi connectivity index (χ2v) is 4.73. The van der Waals surface area contributed by atoms with Gasteiger partial charge in [0.2, 0.25) is 0 Å². The number of hydrogen-bond donors (Lipinski definition) is 0. The lowest BCUT2D eigenvalue weighted by Crippen LogP contribution is -2.09. The highest BCUT2D eigenvalue weighted by Crippen LogP contribution is 2.21. The largest absolute Gasteiger partial charge is 0.288 e. The SMILES string of the molecule is Cc1ccc(C(=O)c2c(C)cc(F)cc2C)c(F)c1. The maximum absolute atomic E-state index is 13.8. The summed E-state index contributed by atoms with van der Waals surface area (Å²) in [5, 5.41) is 0. The van der Waals surface area contributed by atoms with Gasteiger partial charge in [0.1, 0.15) is 11.6 Å². The third-order valence-corrected chi connectivity index (χ3v) is 3.09. The number of aryl methyl sites for hydroxylation is 3. The molecule has 0 atom stereocenters. The zero-order valence-electron chi connectivity index (χ0n) is 11.1. The first kappa shape index (κ1) is 13.4. The number of hydrogen-bond acceptors (Lipinski definition) is 1. The molecular weight excluding hydrogens is 246 g/mol. The Labute approximate surface area is 110 Å². The summed E-state index contributed by atoms with van der Waals surface area (Å²) in [5.41, 5.74) is 2.17. The summed E-state index contributed by atoms with van der Waals surface area (Å²) in [6.07, 6.45) is 0. The topological polar surface area (TPSA) is 17.1 Å². The lowest BCUT2D eigenvalue weighted by molar-refractivity contribution is 0.103. The van der Waals surface area contributed by atoms with Gasteiger partial charge in [-0.1, -0.05) is 6.07 Å². The lowest BCUT2D eigenvalue weighted by Gasteiger charge is -2.10.